The smallest absolute Gasteiger partial charge is 0.270 e. The van der Waals surface area contributed by atoms with E-state index >= 15 is 0 Å². The monoisotopic (exact) mass is 334 g/mol. The number of aromatic nitrogens is 1. The average molecular weight is 334 g/mol. The second kappa shape index (κ2) is 6.78. The van der Waals surface area contributed by atoms with Gasteiger partial charge < -0.3 is 4.90 Å². The highest BCUT2D eigenvalue weighted by molar-refractivity contribution is 7.09. The van der Waals surface area contributed by atoms with Crippen molar-refractivity contribution in [1.82, 2.24) is 14.9 Å². The molecule has 6 nitrogen and oxygen atoms in total. The van der Waals surface area contributed by atoms with E-state index in [1.54, 1.807) is 11.3 Å². The van der Waals surface area contributed by atoms with Gasteiger partial charge in [-0.1, -0.05) is 0 Å². The third kappa shape index (κ3) is 3.44. The van der Waals surface area contributed by atoms with Crippen LogP contribution < -0.4 is 0 Å². The van der Waals surface area contributed by atoms with Crippen molar-refractivity contribution in [2.24, 2.45) is 5.10 Å². The van der Waals surface area contributed by atoms with Gasteiger partial charge >= 0.3 is 0 Å². The van der Waals surface area contributed by atoms with E-state index < -0.39 is 0 Å². The Labute approximate surface area is 140 Å². The zero-order valence-corrected chi connectivity index (χ0v) is 14.4. The Kier molecular flexibility index (Phi) is 4.75. The molecule has 7 heteroatoms. The van der Waals surface area contributed by atoms with Crippen molar-refractivity contribution >= 4 is 28.9 Å². The number of nitrogens with zero attached hydrogens (tertiary/aromatic N) is 4. The van der Waals surface area contributed by atoms with Crippen LogP contribution in [0.3, 0.4) is 0 Å². The number of carbonyl (C=O) groups excluding carboxylic acids is 2. The topological polar surface area (TPSA) is 65.9 Å². The van der Waals surface area contributed by atoms with Gasteiger partial charge in [0.2, 0.25) is 5.91 Å². The lowest BCUT2D eigenvalue weighted by molar-refractivity contribution is -0.132. The lowest BCUT2D eigenvalue weighted by Crippen LogP contribution is -2.45. The van der Waals surface area contributed by atoms with Crippen LogP contribution in [0.1, 0.15) is 49.2 Å². The van der Waals surface area contributed by atoms with Crippen LogP contribution in [0, 0.1) is 6.92 Å². The zero-order chi connectivity index (χ0) is 16.4. The summed E-state index contributed by atoms with van der Waals surface area (Å²) in [4.78, 5) is 30.9. The van der Waals surface area contributed by atoms with E-state index in [-0.39, 0.29) is 11.8 Å². The second-order valence-electron chi connectivity index (χ2n) is 6.07. The normalized spacial score (nSPS) is 22.3. The maximum Gasteiger partial charge on any atom is 0.270 e. The molecule has 0 bridgehead atoms. The third-order valence-electron chi connectivity index (χ3n) is 4.35. The van der Waals surface area contributed by atoms with Gasteiger partial charge in [-0.2, -0.15) is 5.10 Å². The molecule has 0 saturated carbocycles. The molecule has 0 radical (unpaired) electrons. The summed E-state index contributed by atoms with van der Waals surface area (Å²) >= 11 is 1.68. The lowest BCUT2D eigenvalue weighted by atomic mass is 9.98. The molecular formula is C16H22N4O2S. The molecule has 0 aromatic carbocycles. The Morgan fingerprint density at radius 2 is 2.26 bits per heavy atom. The number of hydrazone groups is 1. The summed E-state index contributed by atoms with van der Waals surface area (Å²) in [6.07, 6.45) is 2.88. The minimum atomic E-state index is -0.0195. The van der Waals surface area contributed by atoms with Gasteiger partial charge in [0.1, 0.15) is 5.71 Å². The second-order valence-corrected chi connectivity index (χ2v) is 6.96. The molecule has 1 fully saturated rings. The Morgan fingerprint density at radius 3 is 2.96 bits per heavy atom. The standard InChI is InChI=1S/C16H22N4O2S/c1-3-20-14(21)7-6-13(18-20)16(22)19-8-4-5-12(9-19)15-17-11(2)10-23-15/h10,12H,3-9H2,1-2H3/t12-/m1/s1. The van der Waals surface area contributed by atoms with Gasteiger partial charge in [-0.3, -0.25) is 9.59 Å². The van der Waals surface area contributed by atoms with Crippen molar-refractivity contribution in [1.29, 1.82) is 0 Å². The molecule has 1 aromatic rings. The van der Waals surface area contributed by atoms with Crippen LogP contribution in [0.5, 0.6) is 0 Å². The number of piperidine rings is 1. The van der Waals surface area contributed by atoms with Crippen molar-refractivity contribution in [3.05, 3.63) is 16.1 Å². The van der Waals surface area contributed by atoms with Crippen LogP contribution in [-0.4, -0.2) is 52.1 Å². The number of carbonyl (C=O) groups is 2. The number of hydrogen-bond donors (Lipinski definition) is 0. The Bertz CT molecular complexity index is 640. The quantitative estimate of drug-likeness (QED) is 0.851. The fraction of sp³-hybridized carbons (Fsp3) is 0.625. The van der Waals surface area contributed by atoms with Crippen LogP contribution in [0.4, 0.5) is 0 Å². The van der Waals surface area contributed by atoms with Gasteiger partial charge in [0.15, 0.2) is 0 Å². The molecule has 23 heavy (non-hydrogen) atoms. The molecule has 3 rings (SSSR count). The summed E-state index contributed by atoms with van der Waals surface area (Å²) in [5.74, 6) is 0.298. The molecular weight excluding hydrogens is 312 g/mol. The van der Waals surface area contributed by atoms with Gasteiger partial charge in [-0.05, 0) is 26.7 Å². The van der Waals surface area contributed by atoms with Crippen molar-refractivity contribution in [3.63, 3.8) is 0 Å². The van der Waals surface area contributed by atoms with E-state index in [0.29, 0.717) is 37.6 Å². The molecule has 2 aliphatic rings. The van der Waals surface area contributed by atoms with E-state index in [1.165, 1.54) is 5.01 Å². The van der Waals surface area contributed by atoms with Crippen molar-refractivity contribution < 1.29 is 9.59 Å². The molecule has 0 unspecified atom stereocenters. The first kappa shape index (κ1) is 16.1. The number of likely N-dealkylation sites (tertiary alicyclic amines) is 1. The predicted octanol–water partition coefficient (Wildman–Crippen LogP) is 2.16. The van der Waals surface area contributed by atoms with Crippen LogP contribution in [0.2, 0.25) is 0 Å². The summed E-state index contributed by atoms with van der Waals surface area (Å²) < 4.78 is 0. The SMILES string of the molecule is CCN1N=C(C(=O)N2CCC[C@@H](c3nc(C)cs3)C2)CCC1=O. The first-order valence-electron chi connectivity index (χ1n) is 8.17. The first-order valence-corrected chi connectivity index (χ1v) is 9.05. The van der Waals surface area contributed by atoms with E-state index in [4.69, 9.17) is 0 Å². The maximum atomic E-state index is 12.7. The molecule has 3 heterocycles. The number of amides is 2. The van der Waals surface area contributed by atoms with Crippen molar-refractivity contribution in [2.75, 3.05) is 19.6 Å². The van der Waals surface area contributed by atoms with E-state index in [1.807, 2.05) is 18.7 Å². The largest absolute Gasteiger partial charge is 0.337 e. The lowest BCUT2D eigenvalue weighted by Gasteiger charge is -2.33. The maximum absolute atomic E-state index is 12.7. The Morgan fingerprint density at radius 1 is 1.43 bits per heavy atom. The number of thiazole rings is 1. The van der Waals surface area contributed by atoms with E-state index in [0.717, 1.165) is 30.1 Å². The van der Waals surface area contributed by atoms with Crippen molar-refractivity contribution in [3.8, 4) is 0 Å². The van der Waals surface area contributed by atoms with Gasteiger partial charge in [0.05, 0.1) is 5.01 Å². The van der Waals surface area contributed by atoms with Gasteiger partial charge in [-0.15, -0.1) is 11.3 Å². The third-order valence-corrected chi connectivity index (χ3v) is 5.47. The van der Waals surface area contributed by atoms with Crippen LogP contribution in [-0.2, 0) is 9.59 Å². The molecule has 0 N–H and O–H groups in total. The van der Waals surface area contributed by atoms with E-state index in [2.05, 4.69) is 15.5 Å². The average Bonchev–Trinajstić information content (AvgIpc) is 3.01. The van der Waals surface area contributed by atoms with Gasteiger partial charge in [0.25, 0.3) is 5.91 Å². The first-order chi connectivity index (χ1) is 11.1. The summed E-state index contributed by atoms with van der Waals surface area (Å²) in [7, 11) is 0. The van der Waals surface area contributed by atoms with Crippen molar-refractivity contribution in [2.45, 2.75) is 45.4 Å². The van der Waals surface area contributed by atoms with Gasteiger partial charge in [0, 0.05) is 49.5 Å². The number of rotatable bonds is 3. The predicted molar refractivity (Wildman–Crippen MR) is 89.5 cm³/mol. The molecule has 0 spiro atoms. The van der Waals surface area contributed by atoms with Crippen LogP contribution in [0.25, 0.3) is 0 Å². The molecule has 124 valence electrons. The molecule has 2 aliphatic heterocycles. The molecule has 1 aromatic heterocycles. The minimum absolute atomic E-state index is 0.00108. The van der Waals surface area contributed by atoms with Gasteiger partial charge in [-0.25, -0.2) is 9.99 Å². The fourth-order valence-corrected chi connectivity index (χ4v) is 4.03. The van der Waals surface area contributed by atoms with E-state index in [9.17, 15) is 9.59 Å². The molecule has 1 saturated heterocycles. The fourth-order valence-electron chi connectivity index (χ4n) is 3.11. The van der Waals surface area contributed by atoms with Crippen LogP contribution in [0.15, 0.2) is 10.5 Å². The molecule has 0 aliphatic carbocycles. The minimum Gasteiger partial charge on any atom is -0.337 e. The van der Waals surface area contributed by atoms with Crippen LogP contribution >= 0.6 is 11.3 Å². The summed E-state index contributed by atoms with van der Waals surface area (Å²) in [6.45, 7) is 5.84. The Hall–Kier alpha value is -1.76. The summed E-state index contributed by atoms with van der Waals surface area (Å²) in [5, 5.41) is 8.84. The number of hydrogen-bond acceptors (Lipinski definition) is 5. The number of aryl methyl sites for hydroxylation is 1. The molecule has 1 atom stereocenters. The summed E-state index contributed by atoms with van der Waals surface area (Å²) in [5.41, 5.74) is 1.56. The Balaban J connectivity index is 1.71. The highest BCUT2D eigenvalue weighted by atomic mass is 32.1. The zero-order valence-electron chi connectivity index (χ0n) is 13.6. The summed E-state index contributed by atoms with van der Waals surface area (Å²) in [6, 6.07) is 0. The highest BCUT2D eigenvalue weighted by Crippen LogP contribution is 2.29. The highest BCUT2D eigenvalue weighted by Gasteiger charge is 2.31. The molecule has 2 amide bonds.